The van der Waals surface area contributed by atoms with Crippen molar-refractivity contribution < 1.29 is 4.39 Å². The summed E-state index contributed by atoms with van der Waals surface area (Å²) in [6.45, 7) is 2.45. The monoisotopic (exact) mass is 277 g/mol. The smallest absolute Gasteiger partial charge is 0.145 e. The summed E-state index contributed by atoms with van der Waals surface area (Å²) in [7, 11) is 0. The van der Waals surface area contributed by atoms with Gasteiger partial charge in [-0.15, -0.1) is 0 Å². The van der Waals surface area contributed by atoms with Crippen molar-refractivity contribution in [3.05, 3.63) is 52.1 Å². The molecule has 2 aromatic rings. The summed E-state index contributed by atoms with van der Waals surface area (Å²) in [5, 5.41) is 13.8. The Kier molecular flexibility index (Phi) is 4.18. The molecule has 0 spiro atoms. The summed E-state index contributed by atoms with van der Waals surface area (Å²) in [5.74, 6) is -0.278. The molecule has 0 fully saturated rings. The first-order valence-corrected chi connectivity index (χ1v) is 6.43. The standard InChI is InChI=1S/C14H13ClFN3/c1-2-3-13-12(8-17)14(15)19(18-13)9-10-4-6-11(16)7-5-10/h4-7H,2-3,9H2,1H3. The highest BCUT2D eigenvalue weighted by Crippen LogP contribution is 2.21. The van der Waals surface area contributed by atoms with Crippen molar-refractivity contribution in [3.8, 4) is 6.07 Å². The summed E-state index contributed by atoms with van der Waals surface area (Å²) < 4.78 is 14.4. The quantitative estimate of drug-likeness (QED) is 0.858. The lowest BCUT2D eigenvalue weighted by atomic mass is 10.2. The van der Waals surface area contributed by atoms with Gasteiger partial charge in [-0.05, 0) is 24.1 Å². The molecule has 0 bridgehead atoms. The van der Waals surface area contributed by atoms with Gasteiger partial charge in [-0.25, -0.2) is 9.07 Å². The summed E-state index contributed by atoms with van der Waals surface area (Å²) in [4.78, 5) is 0. The fourth-order valence-electron chi connectivity index (χ4n) is 1.88. The molecule has 2 rings (SSSR count). The van der Waals surface area contributed by atoms with Crippen LogP contribution >= 0.6 is 11.6 Å². The number of hydrogen-bond acceptors (Lipinski definition) is 2. The van der Waals surface area contributed by atoms with Gasteiger partial charge in [0.1, 0.15) is 22.6 Å². The van der Waals surface area contributed by atoms with Crippen molar-refractivity contribution in [2.75, 3.05) is 0 Å². The van der Waals surface area contributed by atoms with Crippen LogP contribution in [0.15, 0.2) is 24.3 Å². The van der Waals surface area contributed by atoms with Crippen LogP contribution in [-0.2, 0) is 13.0 Å². The van der Waals surface area contributed by atoms with Crippen molar-refractivity contribution >= 4 is 11.6 Å². The number of nitriles is 1. The van der Waals surface area contributed by atoms with Gasteiger partial charge >= 0.3 is 0 Å². The Balaban J connectivity index is 2.30. The minimum atomic E-state index is -0.278. The van der Waals surface area contributed by atoms with Crippen molar-refractivity contribution in [1.29, 1.82) is 5.26 Å². The number of aromatic nitrogens is 2. The molecular formula is C14H13ClFN3. The average Bonchev–Trinajstić information content (AvgIpc) is 2.69. The Hall–Kier alpha value is -1.86. The topological polar surface area (TPSA) is 41.6 Å². The molecule has 0 amide bonds. The highest BCUT2D eigenvalue weighted by molar-refractivity contribution is 6.30. The van der Waals surface area contributed by atoms with E-state index in [9.17, 15) is 4.39 Å². The van der Waals surface area contributed by atoms with E-state index in [1.807, 2.05) is 6.92 Å². The normalized spacial score (nSPS) is 10.4. The third-order valence-electron chi connectivity index (χ3n) is 2.81. The van der Waals surface area contributed by atoms with Crippen LogP contribution in [0.4, 0.5) is 4.39 Å². The molecule has 0 saturated heterocycles. The SMILES string of the molecule is CCCc1nn(Cc2ccc(F)cc2)c(Cl)c1C#N. The minimum absolute atomic E-state index is 0.278. The number of aryl methyl sites for hydroxylation is 1. The Labute approximate surface area is 116 Å². The maximum Gasteiger partial charge on any atom is 0.145 e. The second-order valence-electron chi connectivity index (χ2n) is 4.26. The van der Waals surface area contributed by atoms with Crippen molar-refractivity contribution in [2.24, 2.45) is 0 Å². The number of nitrogens with zero attached hydrogens (tertiary/aromatic N) is 3. The van der Waals surface area contributed by atoms with E-state index in [0.29, 0.717) is 17.3 Å². The second kappa shape index (κ2) is 5.85. The van der Waals surface area contributed by atoms with Crippen LogP contribution in [0.2, 0.25) is 5.15 Å². The third-order valence-corrected chi connectivity index (χ3v) is 3.19. The molecule has 0 atom stereocenters. The van der Waals surface area contributed by atoms with E-state index in [1.54, 1.807) is 16.8 Å². The van der Waals surface area contributed by atoms with Gasteiger partial charge in [0.15, 0.2) is 0 Å². The van der Waals surface area contributed by atoms with E-state index < -0.39 is 0 Å². The predicted octanol–water partition coefficient (Wildman–Crippen LogP) is 3.55. The molecule has 0 radical (unpaired) electrons. The van der Waals surface area contributed by atoms with Gasteiger partial charge in [0.25, 0.3) is 0 Å². The largest absolute Gasteiger partial charge is 0.248 e. The van der Waals surface area contributed by atoms with Crippen molar-refractivity contribution in [2.45, 2.75) is 26.3 Å². The molecule has 0 unspecified atom stereocenters. The van der Waals surface area contributed by atoms with Crippen molar-refractivity contribution in [1.82, 2.24) is 9.78 Å². The summed E-state index contributed by atoms with van der Waals surface area (Å²) in [5.41, 5.74) is 2.04. The molecule has 3 nitrogen and oxygen atoms in total. The summed E-state index contributed by atoms with van der Waals surface area (Å²) in [6, 6.07) is 8.24. The van der Waals surface area contributed by atoms with Crippen LogP contribution in [0.5, 0.6) is 0 Å². The molecule has 1 heterocycles. The van der Waals surface area contributed by atoms with Crippen LogP contribution in [-0.4, -0.2) is 9.78 Å². The van der Waals surface area contributed by atoms with E-state index in [1.165, 1.54) is 12.1 Å². The highest BCUT2D eigenvalue weighted by Gasteiger charge is 2.15. The second-order valence-corrected chi connectivity index (χ2v) is 4.62. The van der Waals surface area contributed by atoms with Crippen LogP contribution in [0.1, 0.15) is 30.2 Å². The van der Waals surface area contributed by atoms with Crippen LogP contribution in [0, 0.1) is 17.1 Å². The fraction of sp³-hybridized carbons (Fsp3) is 0.286. The van der Waals surface area contributed by atoms with E-state index in [2.05, 4.69) is 11.2 Å². The fourth-order valence-corrected chi connectivity index (χ4v) is 2.13. The van der Waals surface area contributed by atoms with Gasteiger partial charge in [-0.1, -0.05) is 37.1 Å². The number of rotatable bonds is 4. The molecule has 5 heteroatoms. The van der Waals surface area contributed by atoms with Gasteiger partial charge < -0.3 is 0 Å². The molecule has 0 aliphatic heterocycles. The Bertz CT molecular complexity index is 611. The zero-order chi connectivity index (χ0) is 13.8. The maximum atomic E-state index is 12.8. The van der Waals surface area contributed by atoms with Gasteiger partial charge in [0.2, 0.25) is 0 Å². The van der Waals surface area contributed by atoms with Crippen LogP contribution in [0.25, 0.3) is 0 Å². The molecule has 98 valence electrons. The molecule has 19 heavy (non-hydrogen) atoms. The zero-order valence-electron chi connectivity index (χ0n) is 10.5. The maximum absolute atomic E-state index is 12.8. The highest BCUT2D eigenvalue weighted by atomic mass is 35.5. The van der Waals surface area contributed by atoms with Crippen LogP contribution in [0.3, 0.4) is 0 Å². The van der Waals surface area contributed by atoms with E-state index in [4.69, 9.17) is 16.9 Å². The van der Waals surface area contributed by atoms with E-state index in [0.717, 1.165) is 24.1 Å². The van der Waals surface area contributed by atoms with Crippen molar-refractivity contribution in [3.63, 3.8) is 0 Å². The lowest BCUT2D eigenvalue weighted by molar-refractivity contribution is 0.623. The minimum Gasteiger partial charge on any atom is -0.248 e. The molecule has 0 aliphatic carbocycles. The Morgan fingerprint density at radius 3 is 2.63 bits per heavy atom. The molecular weight excluding hydrogens is 265 g/mol. The van der Waals surface area contributed by atoms with Gasteiger partial charge in [0, 0.05) is 0 Å². The first-order chi connectivity index (χ1) is 9.15. The lowest BCUT2D eigenvalue weighted by Crippen LogP contribution is -2.02. The average molecular weight is 278 g/mol. The van der Waals surface area contributed by atoms with Gasteiger partial charge in [-0.3, -0.25) is 0 Å². The van der Waals surface area contributed by atoms with Crippen LogP contribution < -0.4 is 0 Å². The number of benzene rings is 1. The third kappa shape index (κ3) is 2.94. The zero-order valence-corrected chi connectivity index (χ0v) is 11.3. The number of halogens is 2. The predicted molar refractivity (Wildman–Crippen MR) is 71.4 cm³/mol. The first kappa shape index (κ1) is 13.6. The first-order valence-electron chi connectivity index (χ1n) is 6.05. The summed E-state index contributed by atoms with van der Waals surface area (Å²) in [6.07, 6.45) is 1.62. The summed E-state index contributed by atoms with van der Waals surface area (Å²) >= 11 is 6.15. The molecule has 0 aliphatic rings. The Morgan fingerprint density at radius 2 is 2.05 bits per heavy atom. The molecule has 0 saturated carbocycles. The number of hydrogen-bond donors (Lipinski definition) is 0. The molecule has 1 aromatic carbocycles. The molecule has 1 aromatic heterocycles. The van der Waals surface area contributed by atoms with Gasteiger partial charge in [0.05, 0.1) is 12.2 Å². The van der Waals surface area contributed by atoms with E-state index in [-0.39, 0.29) is 5.82 Å². The van der Waals surface area contributed by atoms with Gasteiger partial charge in [-0.2, -0.15) is 10.4 Å². The Morgan fingerprint density at radius 1 is 1.37 bits per heavy atom. The lowest BCUT2D eigenvalue weighted by Gasteiger charge is -2.03. The molecule has 0 N–H and O–H groups in total. The van der Waals surface area contributed by atoms with E-state index >= 15 is 0 Å².